The van der Waals surface area contributed by atoms with E-state index in [0.29, 0.717) is 6.42 Å². The van der Waals surface area contributed by atoms with E-state index in [2.05, 4.69) is 10.6 Å². The second-order valence-corrected chi connectivity index (χ2v) is 3.04. The molecular weight excluding hydrogens is 184 g/mol. The summed E-state index contributed by atoms with van der Waals surface area (Å²) in [6, 6.07) is -1.18. The van der Waals surface area contributed by atoms with Crippen LogP contribution in [-0.4, -0.2) is 31.1 Å². The molecule has 0 saturated heterocycles. The molecule has 0 aromatic carbocycles. The normalized spacial score (nSPS) is 14.0. The molecule has 0 aliphatic rings. The Balaban J connectivity index is 4.12. The fourth-order valence-electron chi connectivity index (χ4n) is 0.936. The summed E-state index contributed by atoms with van der Waals surface area (Å²) >= 11 is 0. The Morgan fingerprint density at radius 1 is 1.57 bits per heavy atom. The average Bonchev–Trinajstić information content (AvgIpc) is 2.17. The van der Waals surface area contributed by atoms with Crippen LogP contribution in [0.15, 0.2) is 11.9 Å². The molecule has 0 radical (unpaired) electrons. The van der Waals surface area contributed by atoms with Crippen LogP contribution in [0.1, 0.15) is 13.3 Å². The maximum atomic E-state index is 10.4. The lowest BCUT2D eigenvalue weighted by atomic mass is 10.1. The molecule has 4 N–H and O–H groups in total. The van der Waals surface area contributed by atoms with E-state index in [1.54, 1.807) is 14.1 Å². The van der Waals surface area contributed by atoms with Gasteiger partial charge in [0.25, 0.3) is 0 Å². The molecule has 0 aromatic heterocycles. The molecule has 0 aliphatic carbocycles. The molecular formula is C8H18N4O2. The minimum absolute atomic E-state index is 0.364. The van der Waals surface area contributed by atoms with Crippen LogP contribution in [0.25, 0.3) is 0 Å². The summed E-state index contributed by atoms with van der Waals surface area (Å²) in [5, 5.41) is 16.2. The molecule has 0 amide bonds. The number of nitro groups is 1. The van der Waals surface area contributed by atoms with Gasteiger partial charge in [-0.3, -0.25) is 10.1 Å². The van der Waals surface area contributed by atoms with E-state index in [4.69, 9.17) is 5.73 Å². The topological polar surface area (TPSA) is 93.2 Å². The lowest BCUT2D eigenvalue weighted by molar-refractivity contribution is -0.521. The van der Waals surface area contributed by atoms with Crippen molar-refractivity contribution in [3.63, 3.8) is 0 Å². The third-order valence-corrected chi connectivity index (χ3v) is 2.08. The standard InChI is InChI=1S/C8H18N4O2/c1-6(12(13)14)7(9)4-5-8(10-2)11-3/h5-7,10-11H,4,9H2,1-3H3. The molecule has 0 spiro atoms. The highest BCUT2D eigenvalue weighted by atomic mass is 16.6. The molecule has 6 nitrogen and oxygen atoms in total. The number of nitrogens with zero attached hydrogens (tertiary/aromatic N) is 1. The van der Waals surface area contributed by atoms with Gasteiger partial charge in [-0.05, 0) is 12.5 Å². The van der Waals surface area contributed by atoms with Crippen LogP contribution in [0.2, 0.25) is 0 Å². The number of hydrogen-bond donors (Lipinski definition) is 3. The molecule has 2 atom stereocenters. The van der Waals surface area contributed by atoms with Crippen molar-refractivity contribution in [3.05, 3.63) is 22.0 Å². The van der Waals surface area contributed by atoms with Gasteiger partial charge in [-0.25, -0.2) is 0 Å². The fourth-order valence-corrected chi connectivity index (χ4v) is 0.936. The number of hydrogen-bond acceptors (Lipinski definition) is 5. The van der Waals surface area contributed by atoms with Gasteiger partial charge in [-0.15, -0.1) is 0 Å². The molecule has 6 heteroatoms. The molecule has 0 saturated carbocycles. The first-order chi connectivity index (χ1) is 6.52. The predicted molar refractivity (Wildman–Crippen MR) is 55.3 cm³/mol. The highest BCUT2D eigenvalue weighted by molar-refractivity contribution is 4.97. The van der Waals surface area contributed by atoms with Crippen molar-refractivity contribution in [3.8, 4) is 0 Å². The fraction of sp³-hybridized carbons (Fsp3) is 0.750. The minimum Gasteiger partial charge on any atom is -0.375 e. The lowest BCUT2D eigenvalue weighted by Gasteiger charge is -2.12. The third-order valence-electron chi connectivity index (χ3n) is 2.08. The van der Waals surface area contributed by atoms with Crippen LogP contribution in [0.5, 0.6) is 0 Å². The quantitative estimate of drug-likeness (QED) is 0.404. The van der Waals surface area contributed by atoms with Crippen molar-refractivity contribution in [2.24, 2.45) is 5.73 Å². The van der Waals surface area contributed by atoms with Crippen LogP contribution in [0.4, 0.5) is 0 Å². The van der Waals surface area contributed by atoms with Gasteiger partial charge < -0.3 is 16.4 Å². The van der Waals surface area contributed by atoms with E-state index >= 15 is 0 Å². The van der Waals surface area contributed by atoms with Gasteiger partial charge in [-0.1, -0.05) is 0 Å². The summed E-state index contributed by atoms with van der Waals surface area (Å²) in [6.45, 7) is 1.51. The molecule has 0 aromatic rings. The monoisotopic (exact) mass is 202 g/mol. The first-order valence-corrected chi connectivity index (χ1v) is 4.47. The van der Waals surface area contributed by atoms with Crippen LogP contribution in [-0.2, 0) is 0 Å². The summed E-state index contributed by atoms with van der Waals surface area (Å²) in [6.07, 6.45) is 2.28. The molecule has 0 bridgehead atoms. The Morgan fingerprint density at radius 3 is 2.43 bits per heavy atom. The lowest BCUT2D eigenvalue weighted by Crippen LogP contribution is -2.38. The van der Waals surface area contributed by atoms with Crippen LogP contribution < -0.4 is 16.4 Å². The summed E-state index contributed by atoms with van der Waals surface area (Å²) < 4.78 is 0. The molecule has 14 heavy (non-hydrogen) atoms. The van der Waals surface area contributed by atoms with E-state index in [9.17, 15) is 10.1 Å². The van der Waals surface area contributed by atoms with Gasteiger partial charge in [0.15, 0.2) is 0 Å². The van der Waals surface area contributed by atoms with E-state index in [1.807, 2.05) is 6.08 Å². The van der Waals surface area contributed by atoms with Crippen LogP contribution >= 0.6 is 0 Å². The van der Waals surface area contributed by atoms with Crippen molar-refractivity contribution in [2.75, 3.05) is 14.1 Å². The average molecular weight is 202 g/mol. The van der Waals surface area contributed by atoms with Gasteiger partial charge in [0.2, 0.25) is 6.04 Å². The highest BCUT2D eigenvalue weighted by Crippen LogP contribution is 2.01. The Morgan fingerprint density at radius 2 is 2.07 bits per heavy atom. The Labute approximate surface area is 83.7 Å². The van der Waals surface area contributed by atoms with Crippen molar-refractivity contribution in [1.29, 1.82) is 0 Å². The maximum absolute atomic E-state index is 10.4. The van der Waals surface area contributed by atoms with Gasteiger partial charge in [0.05, 0.1) is 11.9 Å². The SMILES string of the molecule is CNC(=CCC(N)C(C)[N+](=O)[O-])NC. The van der Waals surface area contributed by atoms with Gasteiger partial charge in [-0.2, -0.15) is 0 Å². The second-order valence-electron chi connectivity index (χ2n) is 3.04. The minimum atomic E-state index is -0.721. The molecule has 82 valence electrons. The second kappa shape index (κ2) is 6.20. The largest absolute Gasteiger partial charge is 0.375 e. The summed E-state index contributed by atoms with van der Waals surface area (Å²) in [4.78, 5) is 10.0. The molecule has 0 heterocycles. The van der Waals surface area contributed by atoms with E-state index in [1.165, 1.54) is 6.92 Å². The van der Waals surface area contributed by atoms with Crippen LogP contribution in [0.3, 0.4) is 0 Å². The molecule has 0 aliphatic heterocycles. The van der Waals surface area contributed by atoms with Gasteiger partial charge in [0, 0.05) is 25.9 Å². The Hall–Kier alpha value is -1.30. The number of nitrogens with two attached hydrogens (primary N) is 1. The third kappa shape index (κ3) is 4.08. The van der Waals surface area contributed by atoms with Crippen LogP contribution in [0, 0.1) is 10.1 Å². The molecule has 2 unspecified atom stereocenters. The zero-order valence-electron chi connectivity index (χ0n) is 8.78. The van der Waals surface area contributed by atoms with E-state index in [0.717, 1.165) is 5.82 Å². The smallest absolute Gasteiger partial charge is 0.225 e. The summed E-state index contributed by atoms with van der Waals surface area (Å²) in [7, 11) is 3.54. The van der Waals surface area contributed by atoms with Crippen molar-refractivity contribution >= 4 is 0 Å². The van der Waals surface area contributed by atoms with Crippen molar-refractivity contribution in [2.45, 2.75) is 25.4 Å². The summed E-state index contributed by atoms with van der Waals surface area (Å²) in [5.74, 6) is 0.816. The molecule has 0 fully saturated rings. The summed E-state index contributed by atoms with van der Waals surface area (Å²) in [5.41, 5.74) is 5.63. The van der Waals surface area contributed by atoms with E-state index in [-0.39, 0.29) is 4.92 Å². The zero-order valence-corrected chi connectivity index (χ0v) is 8.78. The number of rotatable bonds is 6. The predicted octanol–water partition coefficient (Wildman–Crippen LogP) is -0.351. The van der Waals surface area contributed by atoms with Gasteiger partial charge in [0.1, 0.15) is 0 Å². The number of nitrogens with one attached hydrogen (secondary N) is 2. The zero-order chi connectivity index (χ0) is 11.1. The highest BCUT2D eigenvalue weighted by Gasteiger charge is 2.21. The Kier molecular flexibility index (Phi) is 5.62. The van der Waals surface area contributed by atoms with Gasteiger partial charge >= 0.3 is 0 Å². The van der Waals surface area contributed by atoms with E-state index < -0.39 is 12.1 Å². The first-order valence-electron chi connectivity index (χ1n) is 4.47. The Bertz CT molecular complexity index is 211. The first kappa shape index (κ1) is 12.7. The maximum Gasteiger partial charge on any atom is 0.225 e. The molecule has 0 rings (SSSR count). The van der Waals surface area contributed by atoms with Crippen molar-refractivity contribution < 1.29 is 4.92 Å². The van der Waals surface area contributed by atoms with Crippen molar-refractivity contribution in [1.82, 2.24) is 10.6 Å².